The molecule has 1 heterocycles. The summed E-state index contributed by atoms with van der Waals surface area (Å²) in [5, 5.41) is 12.8. The van der Waals surface area contributed by atoms with Gasteiger partial charge in [0.15, 0.2) is 0 Å². The molecule has 0 atom stereocenters. The fraction of sp³-hybridized carbons (Fsp3) is 0. The molecule has 65 heavy (non-hydrogen) atoms. The molecule has 0 unspecified atom stereocenters. The first-order valence-corrected chi connectivity index (χ1v) is 23.2. The molecule has 0 saturated heterocycles. The van der Waals surface area contributed by atoms with Gasteiger partial charge < -0.3 is 0 Å². The molecular formula is C64H40S. The van der Waals surface area contributed by atoms with Crippen LogP contribution in [0.4, 0.5) is 0 Å². The lowest BCUT2D eigenvalue weighted by molar-refractivity contribution is 1.56. The maximum atomic E-state index is 2.38. The summed E-state index contributed by atoms with van der Waals surface area (Å²) < 4.78 is 2.66. The summed E-state index contributed by atoms with van der Waals surface area (Å²) in [4.78, 5) is 0. The van der Waals surface area contributed by atoms with E-state index in [4.69, 9.17) is 0 Å². The minimum atomic E-state index is 1.19. The molecule has 0 radical (unpaired) electrons. The van der Waals surface area contributed by atoms with Crippen LogP contribution < -0.4 is 0 Å². The van der Waals surface area contributed by atoms with Crippen LogP contribution in [0.25, 0.3) is 130 Å². The molecule has 12 aromatic carbocycles. The number of hydrogen-bond acceptors (Lipinski definition) is 1. The van der Waals surface area contributed by atoms with Gasteiger partial charge in [-0.05, 0) is 158 Å². The summed E-state index contributed by atoms with van der Waals surface area (Å²) in [5.41, 5.74) is 14.5. The Kier molecular flexibility index (Phi) is 8.82. The van der Waals surface area contributed by atoms with Gasteiger partial charge >= 0.3 is 0 Å². The molecule has 0 spiro atoms. The van der Waals surface area contributed by atoms with Crippen molar-refractivity contribution in [2.75, 3.05) is 0 Å². The van der Waals surface area contributed by atoms with E-state index in [-0.39, 0.29) is 0 Å². The molecule has 1 aromatic heterocycles. The lowest BCUT2D eigenvalue weighted by atomic mass is 9.89. The summed E-state index contributed by atoms with van der Waals surface area (Å²) in [7, 11) is 0. The van der Waals surface area contributed by atoms with Crippen LogP contribution in [-0.2, 0) is 0 Å². The van der Waals surface area contributed by atoms with Crippen molar-refractivity contribution in [1.29, 1.82) is 0 Å². The van der Waals surface area contributed by atoms with Crippen molar-refractivity contribution in [2.45, 2.75) is 0 Å². The van der Waals surface area contributed by atoms with E-state index in [9.17, 15) is 0 Å². The molecule has 1 heteroatoms. The zero-order valence-corrected chi connectivity index (χ0v) is 36.3. The van der Waals surface area contributed by atoms with E-state index in [0.29, 0.717) is 0 Å². The number of hydrogen-bond donors (Lipinski definition) is 0. The highest BCUT2D eigenvalue weighted by Gasteiger charge is 2.15. The van der Waals surface area contributed by atoms with E-state index < -0.39 is 0 Å². The van der Waals surface area contributed by atoms with E-state index in [1.165, 1.54) is 130 Å². The molecule has 0 N–H and O–H groups in total. The van der Waals surface area contributed by atoms with Crippen molar-refractivity contribution in [3.05, 3.63) is 243 Å². The zero-order chi connectivity index (χ0) is 42.8. The molecule has 0 bridgehead atoms. The average Bonchev–Trinajstić information content (AvgIpc) is 3.77. The highest BCUT2D eigenvalue weighted by Crippen LogP contribution is 2.43. The van der Waals surface area contributed by atoms with Crippen molar-refractivity contribution in [3.63, 3.8) is 0 Å². The maximum absolute atomic E-state index is 2.38. The van der Waals surface area contributed by atoms with Gasteiger partial charge in [0.25, 0.3) is 0 Å². The minimum absolute atomic E-state index is 1.19. The van der Waals surface area contributed by atoms with E-state index in [1.807, 2.05) is 11.3 Å². The first-order chi connectivity index (χ1) is 32.2. The lowest BCUT2D eigenvalue weighted by Crippen LogP contribution is -1.89. The van der Waals surface area contributed by atoms with Gasteiger partial charge in [-0.1, -0.05) is 194 Å². The monoisotopic (exact) mass is 840 g/mol. The Morgan fingerprint density at radius 1 is 0.200 bits per heavy atom. The number of fused-ring (bicyclic) bond motifs is 9. The van der Waals surface area contributed by atoms with Crippen LogP contribution in [0.1, 0.15) is 0 Å². The van der Waals surface area contributed by atoms with Gasteiger partial charge in [0.05, 0.1) is 0 Å². The van der Waals surface area contributed by atoms with Crippen LogP contribution in [-0.4, -0.2) is 0 Å². The van der Waals surface area contributed by atoms with Crippen LogP contribution in [0, 0.1) is 0 Å². The Morgan fingerprint density at radius 3 is 1.17 bits per heavy atom. The molecule has 0 aliphatic carbocycles. The van der Waals surface area contributed by atoms with Gasteiger partial charge in [0.2, 0.25) is 0 Å². The predicted molar refractivity (Wildman–Crippen MR) is 282 cm³/mol. The summed E-state index contributed by atoms with van der Waals surface area (Å²) in [6.07, 6.45) is 0. The van der Waals surface area contributed by atoms with Crippen molar-refractivity contribution < 1.29 is 0 Å². The number of rotatable bonds is 6. The van der Waals surface area contributed by atoms with Gasteiger partial charge in [-0.2, -0.15) is 0 Å². The predicted octanol–water partition coefficient (Wildman–Crippen LogP) is 18.7. The average molecular weight is 841 g/mol. The molecule has 0 saturated carbocycles. The molecule has 0 aliphatic heterocycles. The van der Waals surface area contributed by atoms with Gasteiger partial charge in [0, 0.05) is 20.2 Å². The second-order valence-electron chi connectivity index (χ2n) is 17.2. The number of thiophene rings is 1. The second-order valence-corrected chi connectivity index (χ2v) is 18.3. The largest absolute Gasteiger partial charge is 0.135 e. The topological polar surface area (TPSA) is 0 Å². The Bertz CT molecular complexity index is 3820. The summed E-state index contributed by atoms with van der Waals surface area (Å²) in [5.74, 6) is 0. The Morgan fingerprint density at radius 2 is 0.600 bits per heavy atom. The second kappa shape index (κ2) is 15.3. The van der Waals surface area contributed by atoms with Crippen molar-refractivity contribution in [1.82, 2.24) is 0 Å². The first kappa shape index (κ1) is 37.5. The Hall–Kier alpha value is -8.10. The van der Waals surface area contributed by atoms with Crippen LogP contribution in [0.5, 0.6) is 0 Å². The number of benzene rings is 12. The van der Waals surface area contributed by atoms with Crippen molar-refractivity contribution >= 4 is 74.6 Å². The van der Waals surface area contributed by atoms with E-state index in [0.717, 1.165) is 0 Å². The molecular weight excluding hydrogens is 801 g/mol. The van der Waals surface area contributed by atoms with Gasteiger partial charge in [-0.3, -0.25) is 0 Å². The van der Waals surface area contributed by atoms with E-state index in [1.54, 1.807) is 0 Å². The van der Waals surface area contributed by atoms with Crippen molar-refractivity contribution in [2.24, 2.45) is 0 Å². The molecule has 0 aliphatic rings. The minimum Gasteiger partial charge on any atom is -0.135 e. The third kappa shape index (κ3) is 6.43. The van der Waals surface area contributed by atoms with Crippen LogP contribution >= 0.6 is 11.3 Å². The fourth-order valence-electron chi connectivity index (χ4n) is 10.3. The quantitative estimate of drug-likeness (QED) is 0.146. The summed E-state index contributed by atoms with van der Waals surface area (Å²) in [6.45, 7) is 0. The van der Waals surface area contributed by atoms with Crippen LogP contribution in [0.2, 0.25) is 0 Å². The zero-order valence-electron chi connectivity index (χ0n) is 35.5. The Balaban J connectivity index is 0.967. The lowest BCUT2D eigenvalue weighted by Gasteiger charge is -2.15. The first-order valence-electron chi connectivity index (χ1n) is 22.4. The van der Waals surface area contributed by atoms with E-state index in [2.05, 4.69) is 243 Å². The molecule has 13 aromatic rings. The van der Waals surface area contributed by atoms with Gasteiger partial charge in [-0.15, -0.1) is 11.3 Å². The van der Waals surface area contributed by atoms with Crippen LogP contribution in [0.15, 0.2) is 243 Å². The van der Waals surface area contributed by atoms with E-state index >= 15 is 0 Å². The molecule has 0 fully saturated rings. The summed E-state index contributed by atoms with van der Waals surface area (Å²) >= 11 is 1.88. The van der Waals surface area contributed by atoms with Crippen molar-refractivity contribution in [3.8, 4) is 66.8 Å². The normalized spacial score (nSPS) is 11.7. The van der Waals surface area contributed by atoms with Gasteiger partial charge in [0.1, 0.15) is 0 Å². The maximum Gasteiger partial charge on any atom is 0.0433 e. The fourth-order valence-corrected chi connectivity index (χ4v) is 11.5. The summed E-state index contributed by atoms with van der Waals surface area (Å²) in [6, 6.07) is 89.9. The highest BCUT2D eigenvalue weighted by atomic mass is 32.1. The third-order valence-electron chi connectivity index (χ3n) is 13.4. The molecule has 0 amide bonds. The SMILES string of the molecule is c1cc(-c2cc(-c3ccc(-c4cccc5c4sc4ccccc45)cc3)cc(-c3cccc(-c4cc5ccccc5c5ccccc45)c3)c2)cc(-c2cc3ccccc3c3ccccc23)c1. The molecule has 302 valence electrons. The molecule has 13 rings (SSSR count). The molecule has 0 nitrogen and oxygen atoms in total. The Labute approximate surface area is 382 Å². The highest BCUT2D eigenvalue weighted by molar-refractivity contribution is 7.26. The smallest absolute Gasteiger partial charge is 0.0433 e. The van der Waals surface area contributed by atoms with Gasteiger partial charge in [-0.25, -0.2) is 0 Å². The van der Waals surface area contributed by atoms with Crippen LogP contribution in [0.3, 0.4) is 0 Å². The standard InChI is InChI=1S/C64H40S/c1-3-20-52-47(14-1)39-61(57-24-7-5-22-55(52)57)45-18-11-16-43(34-45)50-36-49(41-30-32-42(33-31-41)54-27-13-28-60-59-26-9-10-29-63(59)65-64(54)60)37-51(38-50)44-17-12-19-46(35-44)62-40-48-15-2-4-21-53(48)56-23-6-8-25-58(56)62/h1-40H. The third-order valence-corrected chi connectivity index (χ3v) is 14.6.